The third-order valence-electron chi connectivity index (χ3n) is 3.47. The number of nitrogens with zero attached hydrogens (tertiary/aromatic N) is 1. The monoisotopic (exact) mass is 264 g/mol. The Morgan fingerprint density at radius 3 is 2.75 bits per heavy atom. The van der Waals surface area contributed by atoms with Crippen LogP contribution in [0, 0.1) is 6.92 Å². The van der Waals surface area contributed by atoms with Gasteiger partial charge in [-0.2, -0.15) is 0 Å². The lowest BCUT2D eigenvalue weighted by molar-refractivity contribution is 0.308. The Hall–Kier alpha value is -2.55. The lowest BCUT2D eigenvalue weighted by Crippen LogP contribution is -2.01. The van der Waals surface area contributed by atoms with Gasteiger partial charge in [-0.25, -0.2) is 0 Å². The minimum Gasteiger partial charge on any atom is -0.487 e. The summed E-state index contributed by atoms with van der Waals surface area (Å²) in [4.78, 5) is 4.38. The van der Waals surface area contributed by atoms with E-state index in [2.05, 4.69) is 4.98 Å². The highest BCUT2D eigenvalue weighted by Crippen LogP contribution is 2.25. The molecule has 0 saturated heterocycles. The molecule has 0 aliphatic carbocycles. The largest absolute Gasteiger partial charge is 0.487 e. The van der Waals surface area contributed by atoms with Gasteiger partial charge in [0.25, 0.3) is 0 Å². The number of rotatable bonds is 3. The normalized spacial score (nSPS) is 10.7. The molecule has 0 bridgehead atoms. The fourth-order valence-electron chi connectivity index (χ4n) is 2.21. The van der Waals surface area contributed by atoms with E-state index in [0.29, 0.717) is 6.61 Å². The second-order valence-corrected chi connectivity index (χ2v) is 4.75. The molecule has 0 amide bonds. The first-order valence-corrected chi connectivity index (χ1v) is 6.56. The second-order valence-electron chi connectivity index (χ2n) is 4.75. The number of para-hydroxylation sites is 1. The molecular weight excluding hydrogens is 248 g/mol. The smallest absolute Gasteiger partial charge is 0.146 e. The molecule has 0 radical (unpaired) electrons. The summed E-state index contributed by atoms with van der Waals surface area (Å²) >= 11 is 0. The molecule has 1 heterocycles. The maximum Gasteiger partial charge on any atom is 0.146 e. The van der Waals surface area contributed by atoms with E-state index >= 15 is 0 Å². The van der Waals surface area contributed by atoms with E-state index in [1.54, 1.807) is 6.20 Å². The highest BCUT2D eigenvalue weighted by atomic mass is 16.5. The summed E-state index contributed by atoms with van der Waals surface area (Å²) in [6, 6.07) is 15.8. The van der Waals surface area contributed by atoms with E-state index in [1.807, 2.05) is 55.5 Å². The lowest BCUT2D eigenvalue weighted by Gasteiger charge is -2.11. The molecule has 3 aromatic rings. The van der Waals surface area contributed by atoms with Gasteiger partial charge in [0.05, 0.1) is 0 Å². The van der Waals surface area contributed by atoms with E-state index in [1.165, 1.54) is 0 Å². The number of hydrogen-bond acceptors (Lipinski definition) is 3. The van der Waals surface area contributed by atoms with Crippen LogP contribution in [0.5, 0.6) is 5.75 Å². The topological polar surface area (TPSA) is 48.1 Å². The van der Waals surface area contributed by atoms with Gasteiger partial charge in [0.15, 0.2) is 0 Å². The summed E-state index contributed by atoms with van der Waals surface area (Å²) in [6.07, 6.45) is 1.78. The van der Waals surface area contributed by atoms with Crippen LogP contribution in [0.3, 0.4) is 0 Å². The molecule has 2 N–H and O–H groups in total. The van der Waals surface area contributed by atoms with Gasteiger partial charge in [-0.05, 0) is 36.2 Å². The average Bonchev–Trinajstić information content (AvgIpc) is 2.49. The van der Waals surface area contributed by atoms with Crippen LogP contribution in [0.1, 0.15) is 11.1 Å². The van der Waals surface area contributed by atoms with E-state index in [-0.39, 0.29) is 0 Å². The highest BCUT2D eigenvalue weighted by molar-refractivity contribution is 5.84. The Morgan fingerprint density at radius 2 is 1.85 bits per heavy atom. The number of fused-ring (bicyclic) bond motifs is 1. The molecule has 0 aliphatic heterocycles. The fraction of sp³-hybridized carbons (Fsp3) is 0.118. The maximum atomic E-state index is 5.92. The summed E-state index contributed by atoms with van der Waals surface area (Å²) in [7, 11) is 0. The molecule has 0 fully saturated rings. The molecule has 3 heteroatoms. The van der Waals surface area contributed by atoms with Crippen molar-refractivity contribution in [3.63, 3.8) is 0 Å². The number of anilines is 1. The van der Waals surface area contributed by atoms with Crippen LogP contribution >= 0.6 is 0 Å². The molecule has 2 aromatic carbocycles. The molecule has 3 nitrogen and oxygen atoms in total. The third-order valence-corrected chi connectivity index (χ3v) is 3.47. The zero-order valence-electron chi connectivity index (χ0n) is 11.3. The minimum absolute atomic E-state index is 0.493. The Bertz CT molecular complexity index is 748. The number of nitrogens with two attached hydrogens (primary N) is 1. The first kappa shape index (κ1) is 12.5. The number of aromatic nitrogens is 1. The van der Waals surface area contributed by atoms with E-state index in [4.69, 9.17) is 10.5 Å². The first-order valence-electron chi connectivity index (χ1n) is 6.56. The van der Waals surface area contributed by atoms with Crippen LogP contribution in [0.25, 0.3) is 10.9 Å². The first-order chi connectivity index (χ1) is 9.75. The van der Waals surface area contributed by atoms with Crippen molar-refractivity contribution in [2.45, 2.75) is 13.5 Å². The van der Waals surface area contributed by atoms with E-state index in [9.17, 15) is 0 Å². The van der Waals surface area contributed by atoms with Crippen LogP contribution in [0.4, 0.5) is 5.69 Å². The van der Waals surface area contributed by atoms with Crippen LogP contribution in [-0.2, 0) is 6.61 Å². The molecule has 0 spiro atoms. The van der Waals surface area contributed by atoms with Crippen LogP contribution < -0.4 is 10.5 Å². The third kappa shape index (κ3) is 2.30. The van der Waals surface area contributed by atoms with Gasteiger partial charge in [0.2, 0.25) is 0 Å². The van der Waals surface area contributed by atoms with Crippen molar-refractivity contribution < 1.29 is 4.74 Å². The van der Waals surface area contributed by atoms with E-state index in [0.717, 1.165) is 33.5 Å². The molecule has 0 saturated carbocycles. The number of pyridine rings is 1. The molecule has 1 aromatic heterocycles. The van der Waals surface area contributed by atoms with Crippen molar-refractivity contribution in [2.75, 3.05) is 5.73 Å². The van der Waals surface area contributed by atoms with Crippen molar-refractivity contribution in [2.24, 2.45) is 0 Å². The fourth-order valence-corrected chi connectivity index (χ4v) is 2.21. The molecule has 3 rings (SSSR count). The minimum atomic E-state index is 0.493. The summed E-state index contributed by atoms with van der Waals surface area (Å²) in [5, 5.41) is 1.08. The summed E-state index contributed by atoms with van der Waals surface area (Å²) < 4.78 is 5.92. The Balaban J connectivity index is 1.89. The molecule has 0 aliphatic rings. The van der Waals surface area contributed by atoms with Gasteiger partial charge in [-0.15, -0.1) is 0 Å². The van der Waals surface area contributed by atoms with Crippen LogP contribution in [-0.4, -0.2) is 4.98 Å². The van der Waals surface area contributed by atoms with Gasteiger partial charge in [0.1, 0.15) is 17.9 Å². The average molecular weight is 264 g/mol. The van der Waals surface area contributed by atoms with Gasteiger partial charge in [-0.1, -0.05) is 30.3 Å². The van der Waals surface area contributed by atoms with Crippen LogP contribution in [0.15, 0.2) is 54.7 Å². The molecule has 0 unspecified atom stereocenters. The predicted molar refractivity (Wildman–Crippen MR) is 81.7 cm³/mol. The van der Waals surface area contributed by atoms with Crippen LogP contribution in [0.2, 0.25) is 0 Å². The zero-order valence-corrected chi connectivity index (χ0v) is 11.3. The standard InChI is InChI=1S/C17H16N2O/c1-12-14(6-2-8-15(12)18)11-20-16-9-3-5-13-7-4-10-19-17(13)16/h2-10H,11,18H2,1H3. The van der Waals surface area contributed by atoms with Crippen molar-refractivity contribution in [1.29, 1.82) is 0 Å². The highest BCUT2D eigenvalue weighted by Gasteiger charge is 2.05. The van der Waals surface area contributed by atoms with Gasteiger partial charge in [0, 0.05) is 17.3 Å². The second kappa shape index (κ2) is 5.21. The Morgan fingerprint density at radius 1 is 1.05 bits per heavy atom. The van der Waals surface area contributed by atoms with Crippen molar-refractivity contribution >= 4 is 16.6 Å². The van der Waals surface area contributed by atoms with Crippen molar-refractivity contribution in [1.82, 2.24) is 4.98 Å². The Labute approximate surface area is 118 Å². The SMILES string of the molecule is Cc1c(N)cccc1COc1cccc2cccnc12. The summed E-state index contributed by atoms with van der Waals surface area (Å²) in [5.74, 6) is 0.796. The summed E-state index contributed by atoms with van der Waals surface area (Å²) in [5.41, 5.74) is 9.76. The Kier molecular flexibility index (Phi) is 3.25. The van der Waals surface area contributed by atoms with Crippen molar-refractivity contribution in [3.05, 3.63) is 65.9 Å². The predicted octanol–water partition coefficient (Wildman–Crippen LogP) is 3.70. The van der Waals surface area contributed by atoms with Gasteiger partial charge in [-0.3, -0.25) is 4.98 Å². The zero-order chi connectivity index (χ0) is 13.9. The molecule has 0 atom stereocenters. The molecule has 100 valence electrons. The summed E-state index contributed by atoms with van der Waals surface area (Å²) in [6.45, 7) is 2.50. The number of ether oxygens (including phenoxy) is 1. The van der Waals surface area contributed by atoms with E-state index < -0.39 is 0 Å². The number of hydrogen-bond donors (Lipinski definition) is 1. The number of nitrogen functional groups attached to an aromatic ring is 1. The van der Waals surface area contributed by atoms with Gasteiger partial charge >= 0.3 is 0 Å². The lowest BCUT2D eigenvalue weighted by atomic mass is 10.1. The van der Waals surface area contributed by atoms with Crippen molar-refractivity contribution in [3.8, 4) is 5.75 Å². The maximum absolute atomic E-state index is 5.92. The van der Waals surface area contributed by atoms with Gasteiger partial charge < -0.3 is 10.5 Å². The molecular formula is C17H16N2O. The molecule has 20 heavy (non-hydrogen) atoms. The number of benzene rings is 2. The quantitative estimate of drug-likeness (QED) is 0.734.